The van der Waals surface area contributed by atoms with Gasteiger partial charge in [0.2, 0.25) is 5.95 Å². The number of alkyl halides is 3. The van der Waals surface area contributed by atoms with Crippen LogP contribution in [0.5, 0.6) is 0 Å². The summed E-state index contributed by atoms with van der Waals surface area (Å²) >= 11 is 0.676. The van der Waals surface area contributed by atoms with Gasteiger partial charge in [0.05, 0.1) is 53.1 Å². The van der Waals surface area contributed by atoms with E-state index in [0.717, 1.165) is 30.4 Å². The van der Waals surface area contributed by atoms with E-state index < -0.39 is 33.2 Å². The zero-order valence-electron chi connectivity index (χ0n) is 24.7. The van der Waals surface area contributed by atoms with Crippen molar-refractivity contribution in [2.75, 3.05) is 69.0 Å². The number of aliphatic hydroxyl groups excluding tert-OH is 1. The highest BCUT2D eigenvalue weighted by molar-refractivity contribution is 7.91. The summed E-state index contributed by atoms with van der Waals surface area (Å²) in [6.45, 7) is 5.34. The molecule has 6 rings (SSSR count). The van der Waals surface area contributed by atoms with Crippen molar-refractivity contribution in [2.24, 2.45) is 0 Å². The van der Waals surface area contributed by atoms with Crippen molar-refractivity contribution in [1.82, 2.24) is 19.8 Å². The number of sulfone groups is 1. The maximum Gasteiger partial charge on any atom is 0.420 e. The number of anilines is 3. The molecule has 5 heterocycles. The largest absolute Gasteiger partial charge is 0.420 e. The molecule has 0 aliphatic carbocycles. The molecule has 1 aromatic carbocycles. The third kappa shape index (κ3) is 6.01. The van der Waals surface area contributed by atoms with Crippen LogP contribution in [-0.4, -0.2) is 110 Å². The van der Waals surface area contributed by atoms with Crippen molar-refractivity contribution in [1.29, 1.82) is 0 Å². The van der Waals surface area contributed by atoms with E-state index in [-0.39, 0.29) is 51.6 Å². The van der Waals surface area contributed by atoms with Crippen LogP contribution >= 0.6 is 11.3 Å². The Morgan fingerprint density at radius 2 is 1.93 bits per heavy atom. The SMILES string of the molecule is CCc1cc(N2CCN(CCO)[C@H]3COC[C@H]32)ccc1Nc1ncc(C(F)(F)F)c(-c2cc3c(s2)C(=O)N(C)CCS3(=O)=O)n1. The fraction of sp³-hybridized carbons (Fsp3) is 0.483. The third-order valence-corrected chi connectivity index (χ3v) is 11.5. The number of aliphatic hydroxyl groups is 1. The lowest BCUT2D eigenvalue weighted by Gasteiger charge is -2.44. The summed E-state index contributed by atoms with van der Waals surface area (Å²) in [6, 6.07) is 7.23. The number of aryl methyl sites for hydroxylation is 1. The van der Waals surface area contributed by atoms with E-state index in [4.69, 9.17) is 4.74 Å². The number of carbonyl (C=O) groups is 1. The Morgan fingerprint density at radius 3 is 2.67 bits per heavy atom. The molecule has 242 valence electrons. The highest BCUT2D eigenvalue weighted by Crippen LogP contribution is 2.42. The summed E-state index contributed by atoms with van der Waals surface area (Å²) in [4.78, 5) is 26.3. The topological polar surface area (TPSA) is 128 Å². The molecule has 2 saturated heterocycles. The zero-order chi connectivity index (χ0) is 32.1. The Morgan fingerprint density at radius 1 is 1.16 bits per heavy atom. The normalized spacial score (nSPS) is 21.9. The van der Waals surface area contributed by atoms with E-state index in [1.54, 1.807) is 0 Å². The summed E-state index contributed by atoms with van der Waals surface area (Å²) in [5.41, 5.74) is 0.861. The van der Waals surface area contributed by atoms with E-state index in [9.17, 15) is 31.5 Å². The fourth-order valence-electron chi connectivity index (χ4n) is 6.12. The van der Waals surface area contributed by atoms with Crippen molar-refractivity contribution < 1.29 is 36.2 Å². The Hall–Kier alpha value is -3.31. The predicted molar refractivity (Wildman–Crippen MR) is 163 cm³/mol. The lowest BCUT2D eigenvalue weighted by atomic mass is 10.0. The van der Waals surface area contributed by atoms with Crippen molar-refractivity contribution in [3.63, 3.8) is 0 Å². The van der Waals surface area contributed by atoms with E-state index in [0.29, 0.717) is 49.4 Å². The van der Waals surface area contributed by atoms with Gasteiger partial charge in [-0.3, -0.25) is 9.69 Å². The van der Waals surface area contributed by atoms with Gasteiger partial charge < -0.3 is 25.0 Å². The number of rotatable bonds is 7. The minimum Gasteiger partial charge on any atom is -0.395 e. The molecule has 0 bridgehead atoms. The number of thiophene rings is 1. The molecule has 11 nitrogen and oxygen atoms in total. The lowest BCUT2D eigenvalue weighted by Crippen LogP contribution is -2.59. The average Bonchev–Trinajstić information content (AvgIpc) is 3.67. The molecule has 1 amide bonds. The van der Waals surface area contributed by atoms with Crippen LogP contribution in [0.15, 0.2) is 35.4 Å². The van der Waals surface area contributed by atoms with E-state index in [2.05, 4.69) is 25.1 Å². The summed E-state index contributed by atoms with van der Waals surface area (Å²) in [5.74, 6) is -0.998. The van der Waals surface area contributed by atoms with Crippen LogP contribution in [0, 0.1) is 0 Å². The molecule has 3 aliphatic heterocycles. The molecule has 2 fully saturated rings. The third-order valence-electron chi connectivity index (χ3n) is 8.55. The van der Waals surface area contributed by atoms with Crippen molar-refractivity contribution >= 4 is 44.4 Å². The first-order chi connectivity index (χ1) is 21.4. The predicted octanol–water partition coefficient (Wildman–Crippen LogP) is 3.27. The first-order valence-corrected chi connectivity index (χ1v) is 17.0. The number of benzene rings is 1. The van der Waals surface area contributed by atoms with Gasteiger partial charge in [0.1, 0.15) is 10.4 Å². The van der Waals surface area contributed by atoms with E-state index in [1.807, 2.05) is 25.1 Å². The number of nitrogens with one attached hydrogen (secondary N) is 1. The van der Waals surface area contributed by atoms with Crippen LogP contribution < -0.4 is 10.2 Å². The molecule has 0 radical (unpaired) electrons. The van der Waals surface area contributed by atoms with Crippen LogP contribution in [0.25, 0.3) is 10.6 Å². The van der Waals surface area contributed by atoms with Gasteiger partial charge in [0, 0.05) is 50.8 Å². The number of halogens is 3. The first-order valence-electron chi connectivity index (χ1n) is 14.6. The number of fused-ring (bicyclic) bond motifs is 2. The van der Waals surface area contributed by atoms with Gasteiger partial charge in [-0.25, -0.2) is 18.4 Å². The van der Waals surface area contributed by atoms with Gasteiger partial charge in [-0.2, -0.15) is 13.2 Å². The van der Waals surface area contributed by atoms with Crippen LogP contribution in [0.4, 0.5) is 30.5 Å². The Kier molecular flexibility index (Phi) is 8.54. The molecular weight excluding hydrogens is 633 g/mol. The summed E-state index contributed by atoms with van der Waals surface area (Å²) in [5, 5.41) is 12.5. The minimum absolute atomic E-state index is 0.0131. The Labute approximate surface area is 262 Å². The molecule has 2 aromatic heterocycles. The van der Waals surface area contributed by atoms with Gasteiger partial charge in [-0.1, -0.05) is 6.92 Å². The first kappa shape index (κ1) is 31.7. The lowest BCUT2D eigenvalue weighted by molar-refractivity contribution is -0.137. The minimum atomic E-state index is -4.83. The number of piperazine rings is 1. The van der Waals surface area contributed by atoms with E-state index >= 15 is 0 Å². The number of amides is 1. The number of aromatic nitrogens is 2. The number of nitrogens with zero attached hydrogens (tertiary/aromatic N) is 5. The van der Waals surface area contributed by atoms with Crippen LogP contribution in [0.3, 0.4) is 0 Å². The quantitative estimate of drug-likeness (QED) is 0.388. The Balaban J connectivity index is 1.33. The average molecular weight is 667 g/mol. The van der Waals surface area contributed by atoms with Gasteiger partial charge in [0.15, 0.2) is 9.84 Å². The molecule has 2 N–H and O–H groups in total. The van der Waals surface area contributed by atoms with Crippen LogP contribution in [0.1, 0.15) is 27.7 Å². The number of hydrogen-bond acceptors (Lipinski definition) is 11. The molecule has 0 saturated carbocycles. The number of hydrogen-bond donors (Lipinski definition) is 2. The summed E-state index contributed by atoms with van der Waals surface area (Å²) < 4.78 is 73.9. The van der Waals surface area contributed by atoms with Gasteiger partial charge >= 0.3 is 6.18 Å². The second-order valence-corrected chi connectivity index (χ2v) is 14.4. The maximum atomic E-state index is 14.1. The standard InChI is InChI=1S/C29H33F3N6O5S2/c1-3-17-12-18(38-7-6-37(8-10-39)21-15-43-16-22(21)38)4-5-20(17)34-28-33-14-19(29(30,31)32)25(35-28)23-13-24-26(44-23)27(40)36(2)9-11-45(24,41)42/h4-5,12-14,21-22,39H,3,6-11,15-16H2,1-2H3,(H,33,34,35)/t21-,22+/m0/s1. The van der Waals surface area contributed by atoms with Crippen LogP contribution in [-0.2, 0) is 27.2 Å². The molecular formula is C29H33F3N6O5S2. The molecule has 3 aromatic rings. The fourth-order valence-corrected chi connectivity index (χ4v) is 9.15. The zero-order valence-corrected chi connectivity index (χ0v) is 26.3. The van der Waals surface area contributed by atoms with Gasteiger partial charge in [-0.05, 0) is 36.2 Å². The highest BCUT2D eigenvalue weighted by Gasteiger charge is 2.41. The second-order valence-electron chi connectivity index (χ2n) is 11.2. The van der Waals surface area contributed by atoms with Crippen LogP contribution in [0.2, 0.25) is 0 Å². The molecule has 0 spiro atoms. The summed E-state index contributed by atoms with van der Waals surface area (Å²) in [6.07, 6.45) is -3.54. The number of carbonyl (C=O) groups excluding carboxylic acids is 1. The highest BCUT2D eigenvalue weighted by atomic mass is 32.2. The molecule has 3 aliphatic rings. The smallest absolute Gasteiger partial charge is 0.395 e. The van der Waals surface area contributed by atoms with Crippen molar-refractivity contribution in [3.05, 3.63) is 46.5 Å². The number of ether oxygens (including phenoxy) is 1. The summed E-state index contributed by atoms with van der Waals surface area (Å²) in [7, 11) is -2.44. The molecule has 45 heavy (non-hydrogen) atoms. The van der Waals surface area contributed by atoms with Gasteiger partial charge in [0.25, 0.3) is 5.91 Å². The van der Waals surface area contributed by atoms with Crippen molar-refractivity contribution in [3.8, 4) is 10.6 Å². The van der Waals surface area contributed by atoms with E-state index in [1.165, 1.54) is 11.9 Å². The molecule has 2 atom stereocenters. The van der Waals surface area contributed by atoms with Crippen molar-refractivity contribution in [2.45, 2.75) is 36.5 Å². The second kappa shape index (κ2) is 12.1. The monoisotopic (exact) mass is 666 g/mol. The molecule has 0 unspecified atom stereocenters. The van der Waals surface area contributed by atoms with Gasteiger partial charge in [-0.15, -0.1) is 11.3 Å². The molecule has 16 heteroatoms. The number of β-amino-alcohol motifs (C(OH)–C–C–N with tert-alkyl or cyclic N) is 1. The Bertz CT molecular complexity index is 1720. The maximum absolute atomic E-state index is 14.1.